The lowest BCUT2D eigenvalue weighted by molar-refractivity contribution is -0.318. The van der Waals surface area contributed by atoms with E-state index in [4.69, 9.17) is 47.4 Å². The van der Waals surface area contributed by atoms with Crippen LogP contribution in [0, 0.1) is 23.7 Å². The number of rotatable bonds is 7. The summed E-state index contributed by atoms with van der Waals surface area (Å²) in [4.78, 5) is 14.4. The molecular formula is C50H74O14. The summed E-state index contributed by atoms with van der Waals surface area (Å²) in [6, 6.07) is 0. The standard InChI is InChI=1S/C50H74O14/c1-27-13-12-16-34-26-57-47-42(51)30(4)21-37(50(34,47)54)48(53)60-36-22-35(63-49(25-36)20-19-29(3)45(64-49)33-14-10-9-11-15-33)18-17-28(2)44(27)61-41-24-39(56-8)46(32(6)59-41)62-40-23-38(55-7)43(52)31(5)58-40/h12-13,16-17,19-21,27,29,31-33,35-47,51-52,54H,9-11,14-15,18,22-26H2,1-8H3/t27-,29-,31-,32-,35+,36-,37-,38-,39-,40?,41-,42+,43-,44?,45-,46-,47+,49+,50?/m0/s1. The van der Waals surface area contributed by atoms with E-state index in [1.807, 2.05) is 25.2 Å². The zero-order valence-corrected chi connectivity index (χ0v) is 39.0. The summed E-state index contributed by atoms with van der Waals surface area (Å²) in [5.74, 6) is -2.32. The molecule has 6 aliphatic heterocycles. The number of methoxy groups -OCH3 is 2. The van der Waals surface area contributed by atoms with E-state index in [2.05, 4.69) is 32.9 Å². The van der Waals surface area contributed by atoms with Gasteiger partial charge >= 0.3 is 5.97 Å². The molecule has 358 valence electrons. The second kappa shape index (κ2) is 20.1. The highest BCUT2D eigenvalue weighted by Crippen LogP contribution is 2.48. The van der Waals surface area contributed by atoms with Crippen molar-refractivity contribution < 1.29 is 67.5 Å². The van der Waals surface area contributed by atoms with Crippen LogP contribution in [0.4, 0.5) is 0 Å². The summed E-state index contributed by atoms with van der Waals surface area (Å²) in [5.41, 5.74) is 0.166. The number of carbonyl (C=O) groups is 1. The smallest absolute Gasteiger partial charge is 0.316 e. The van der Waals surface area contributed by atoms with Crippen molar-refractivity contribution in [2.75, 3.05) is 20.8 Å². The quantitative estimate of drug-likeness (QED) is 0.204. The molecule has 1 saturated carbocycles. The van der Waals surface area contributed by atoms with Gasteiger partial charge in [-0.25, -0.2) is 0 Å². The summed E-state index contributed by atoms with van der Waals surface area (Å²) >= 11 is 0. The first-order chi connectivity index (χ1) is 30.6. The molecular weight excluding hydrogens is 825 g/mol. The number of aliphatic hydroxyl groups is 3. The Hall–Kier alpha value is -2.31. The fourth-order valence-corrected chi connectivity index (χ4v) is 11.7. The van der Waals surface area contributed by atoms with Gasteiger partial charge in [0.15, 0.2) is 18.4 Å². The molecule has 3 unspecified atom stereocenters. The number of aliphatic hydroxyl groups excluding tert-OH is 2. The Balaban J connectivity index is 1.08. The average molecular weight is 899 g/mol. The molecule has 14 heteroatoms. The lowest BCUT2D eigenvalue weighted by atomic mass is 9.71. The first-order valence-corrected chi connectivity index (χ1v) is 24.0. The van der Waals surface area contributed by atoms with Gasteiger partial charge in [0.2, 0.25) is 0 Å². The van der Waals surface area contributed by atoms with Gasteiger partial charge in [-0.05, 0) is 75.7 Å². The van der Waals surface area contributed by atoms with E-state index >= 15 is 0 Å². The van der Waals surface area contributed by atoms with Gasteiger partial charge in [-0.15, -0.1) is 0 Å². The van der Waals surface area contributed by atoms with E-state index in [1.165, 1.54) is 19.3 Å². The molecule has 8 aliphatic rings. The Kier molecular flexibility index (Phi) is 15.1. The summed E-state index contributed by atoms with van der Waals surface area (Å²) in [6.45, 7) is 11.9. The minimum Gasteiger partial charge on any atom is -0.462 e. The molecule has 0 radical (unpaired) electrons. The SMILES string of the molecule is CO[C@H]1CC(O[C@H]2[C@H](C)O[C@@H](OC3C(C)=CC[C@@H]4C[C@@H](C[C@]5(C=C[C@H](C)[C@@H](C6CCCCC6)O5)O4)OC(=O)[C@@H]4C=C(C)[C@@H](O)[C@H]5OCC(=CC=C[C@@H]3C)C54O)C[C@@H]2OC)O[C@@H](C)[C@@H]1O. The van der Waals surface area contributed by atoms with Gasteiger partial charge in [-0.1, -0.05) is 69.6 Å². The average Bonchev–Trinajstić information content (AvgIpc) is 3.62. The number of esters is 1. The molecule has 8 rings (SSSR count). The Morgan fingerprint density at radius 2 is 1.53 bits per heavy atom. The van der Waals surface area contributed by atoms with Crippen LogP contribution >= 0.6 is 0 Å². The fourth-order valence-electron chi connectivity index (χ4n) is 11.7. The number of ether oxygens (including phenoxy) is 10. The van der Waals surface area contributed by atoms with Crippen molar-refractivity contribution in [2.45, 2.75) is 203 Å². The van der Waals surface area contributed by atoms with Crippen LogP contribution in [0.3, 0.4) is 0 Å². The van der Waals surface area contributed by atoms with Gasteiger partial charge in [0.05, 0.1) is 49.3 Å². The zero-order valence-electron chi connectivity index (χ0n) is 39.0. The van der Waals surface area contributed by atoms with Crippen LogP contribution < -0.4 is 0 Å². The van der Waals surface area contributed by atoms with Gasteiger partial charge < -0.3 is 62.7 Å². The van der Waals surface area contributed by atoms with E-state index in [-0.39, 0.29) is 36.8 Å². The maximum Gasteiger partial charge on any atom is 0.316 e. The van der Waals surface area contributed by atoms with E-state index in [1.54, 1.807) is 40.2 Å². The van der Waals surface area contributed by atoms with Crippen molar-refractivity contribution in [1.82, 2.24) is 0 Å². The van der Waals surface area contributed by atoms with Crippen LogP contribution in [0.25, 0.3) is 0 Å². The van der Waals surface area contributed by atoms with E-state index < -0.39 is 90.8 Å². The first kappa shape index (κ1) is 48.2. The van der Waals surface area contributed by atoms with Gasteiger partial charge in [0.1, 0.15) is 42.0 Å². The van der Waals surface area contributed by atoms with Gasteiger partial charge in [0.25, 0.3) is 0 Å². The highest BCUT2D eigenvalue weighted by Gasteiger charge is 2.60. The number of allylic oxidation sites excluding steroid dienone is 2. The van der Waals surface area contributed by atoms with Crippen LogP contribution in [0.5, 0.6) is 0 Å². The summed E-state index contributed by atoms with van der Waals surface area (Å²) < 4.78 is 64.1. The molecule has 3 N–H and O–H groups in total. The van der Waals surface area contributed by atoms with Crippen molar-refractivity contribution in [2.24, 2.45) is 23.7 Å². The maximum atomic E-state index is 14.4. The van der Waals surface area contributed by atoms with E-state index in [9.17, 15) is 20.1 Å². The third-order valence-corrected chi connectivity index (χ3v) is 15.4. The molecule has 1 spiro atoms. The molecule has 0 aromatic carbocycles. The largest absolute Gasteiger partial charge is 0.462 e. The molecule has 2 bridgehead atoms. The third-order valence-electron chi connectivity index (χ3n) is 15.4. The Morgan fingerprint density at radius 1 is 0.812 bits per heavy atom. The van der Waals surface area contributed by atoms with Crippen LogP contribution in [0.15, 0.2) is 59.3 Å². The maximum absolute atomic E-state index is 14.4. The molecule has 19 atom stereocenters. The second-order valence-corrected chi connectivity index (χ2v) is 20.0. The van der Waals surface area contributed by atoms with Crippen molar-refractivity contribution in [3.63, 3.8) is 0 Å². The third kappa shape index (κ3) is 9.82. The Labute approximate surface area is 379 Å². The van der Waals surface area contributed by atoms with Crippen molar-refractivity contribution in [1.29, 1.82) is 0 Å². The predicted octanol–water partition coefficient (Wildman–Crippen LogP) is 5.91. The minimum absolute atomic E-state index is 0.0242. The molecule has 0 aromatic rings. The molecule has 14 nitrogen and oxygen atoms in total. The van der Waals surface area contributed by atoms with E-state index in [0.717, 1.165) is 18.4 Å². The molecule has 0 amide bonds. The summed E-state index contributed by atoms with van der Waals surface area (Å²) in [5, 5.41) is 34.3. The Bertz CT molecular complexity index is 1790. The number of carbonyl (C=O) groups excluding carboxylic acids is 1. The van der Waals surface area contributed by atoms with Crippen LogP contribution in [0.2, 0.25) is 0 Å². The predicted molar refractivity (Wildman–Crippen MR) is 234 cm³/mol. The zero-order chi connectivity index (χ0) is 45.5. The number of fused-ring (bicyclic) bond motifs is 2. The van der Waals surface area contributed by atoms with Gasteiger partial charge in [0, 0.05) is 51.7 Å². The molecule has 0 aromatic heterocycles. The minimum atomic E-state index is -1.83. The van der Waals surface area contributed by atoms with Crippen LogP contribution in [-0.4, -0.2) is 139 Å². The van der Waals surface area contributed by atoms with Gasteiger partial charge in [-0.2, -0.15) is 0 Å². The van der Waals surface area contributed by atoms with Crippen molar-refractivity contribution >= 4 is 5.97 Å². The molecule has 4 saturated heterocycles. The normalized spacial score (nSPS) is 47.1. The van der Waals surface area contributed by atoms with Crippen molar-refractivity contribution in [3.05, 3.63) is 59.3 Å². The molecule has 64 heavy (non-hydrogen) atoms. The highest BCUT2D eigenvalue weighted by atomic mass is 16.7. The lowest BCUT2D eigenvalue weighted by Crippen LogP contribution is -2.58. The monoisotopic (exact) mass is 899 g/mol. The summed E-state index contributed by atoms with van der Waals surface area (Å²) in [7, 11) is 3.23. The van der Waals surface area contributed by atoms with Gasteiger partial charge in [-0.3, -0.25) is 4.79 Å². The fraction of sp³-hybridized carbons (Fsp3) is 0.780. The topological polar surface area (TPSA) is 170 Å². The second-order valence-electron chi connectivity index (χ2n) is 20.0. The highest BCUT2D eigenvalue weighted by molar-refractivity contribution is 5.78. The summed E-state index contributed by atoms with van der Waals surface area (Å²) in [6.07, 6.45) is 13.8. The first-order valence-electron chi connectivity index (χ1n) is 24.0. The lowest BCUT2D eigenvalue weighted by Gasteiger charge is -2.49. The molecule has 6 heterocycles. The number of hydrogen-bond acceptors (Lipinski definition) is 14. The Morgan fingerprint density at radius 3 is 2.28 bits per heavy atom. The van der Waals surface area contributed by atoms with Crippen molar-refractivity contribution in [3.8, 4) is 0 Å². The number of hydrogen-bond donors (Lipinski definition) is 3. The molecule has 2 aliphatic carbocycles. The van der Waals surface area contributed by atoms with E-state index in [0.29, 0.717) is 49.2 Å². The van der Waals surface area contributed by atoms with Crippen LogP contribution in [0.1, 0.15) is 106 Å². The molecule has 5 fully saturated rings. The van der Waals surface area contributed by atoms with Crippen LogP contribution in [-0.2, 0) is 52.2 Å².